The number of nitrogens with zero attached hydrogens (tertiary/aromatic N) is 1. The number of nitro groups is 1. The zero-order chi connectivity index (χ0) is 12.7. The van der Waals surface area contributed by atoms with Crippen molar-refractivity contribution in [3.05, 3.63) is 28.0 Å². The molecule has 1 aromatic rings. The molecule has 0 aliphatic carbocycles. The van der Waals surface area contributed by atoms with E-state index in [4.69, 9.17) is 9.15 Å². The van der Waals surface area contributed by atoms with Crippen LogP contribution in [0.2, 0.25) is 0 Å². The highest BCUT2D eigenvalue weighted by Crippen LogP contribution is 2.16. The molecule has 1 aromatic heterocycles. The first kappa shape index (κ1) is 13.2. The Balaban J connectivity index is 2.34. The lowest BCUT2D eigenvalue weighted by Gasteiger charge is -2.01. The van der Waals surface area contributed by atoms with Crippen molar-refractivity contribution >= 4 is 11.9 Å². The lowest BCUT2D eigenvalue weighted by Crippen LogP contribution is -2.05. The lowest BCUT2D eigenvalue weighted by atomic mass is 10.2. The Morgan fingerprint density at radius 1 is 1.41 bits per heavy atom. The summed E-state index contributed by atoms with van der Waals surface area (Å²) < 4.78 is 9.62. The Hall–Kier alpha value is -1.85. The molecule has 0 aliphatic heterocycles. The van der Waals surface area contributed by atoms with E-state index >= 15 is 0 Å². The molecule has 1 rings (SSSR count). The normalized spacial score (nSPS) is 10.2. The van der Waals surface area contributed by atoms with Crippen LogP contribution in [0.5, 0.6) is 0 Å². The fourth-order valence-electron chi connectivity index (χ4n) is 1.30. The maximum Gasteiger partial charge on any atom is 0.433 e. The average molecular weight is 241 g/mol. The van der Waals surface area contributed by atoms with Gasteiger partial charge in [-0.15, -0.1) is 0 Å². The molecule has 0 saturated carbocycles. The highest BCUT2D eigenvalue weighted by molar-refractivity contribution is 5.86. The van der Waals surface area contributed by atoms with Crippen molar-refractivity contribution in [2.75, 3.05) is 6.61 Å². The summed E-state index contributed by atoms with van der Waals surface area (Å²) in [6.07, 6.45) is 4.01. The second-order valence-electron chi connectivity index (χ2n) is 3.59. The average Bonchev–Trinajstić information content (AvgIpc) is 2.78. The van der Waals surface area contributed by atoms with E-state index in [1.54, 1.807) is 0 Å². The third kappa shape index (κ3) is 4.26. The minimum absolute atomic E-state index is 0.132. The van der Waals surface area contributed by atoms with E-state index in [1.165, 1.54) is 6.07 Å². The highest BCUT2D eigenvalue weighted by atomic mass is 16.7. The van der Waals surface area contributed by atoms with Crippen LogP contribution in [0.25, 0.3) is 0 Å². The van der Waals surface area contributed by atoms with Crippen LogP contribution in [0.3, 0.4) is 0 Å². The van der Waals surface area contributed by atoms with Crippen molar-refractivity contribution in [2.45, 2.75) is 32.6 Å². The van der Waals surface area contributed by atoms with Crippen LogP contribution in [0, 0.1) is 10.1 Å². The Morgan fingerprint density at radius 3 is 2.76 bits per heavy atom. The van der Waals surface area contributed by atoms with Crippen molar-refractivity contribution in [3.8, 4) is 0 Å². The molecule has 6 heteroatoms. The van der Waals surface area contributed by atoms with Gasteiger partial charge in [-0.3, -0.25) is 10.1 Å². The molecule has 0 aromatic carbocycles. The summed E-state index contributed by atoms with van der Waals surface area (Å²) in [5.41, 5.74) is 0. The quantitative estimate of drug-likeness (QED) is 0.317. The van der Waals surface area contributed by atoms with Crippen LogP contribution in [0.15, 0.2) is 16.5 Å². The van der Waals surface area contributed by atoms with Gasteiger partial charge in [0.15, 0.2) is 0 Å². The molecule has 1 heterocycles. The summed E-state index contributed by atoms with van der Waals surface area (Å²) in [5, 5.41) is 10.3. The molecule has 0 amide bonds. The maximum atomic E-state index is 11.4. The number of rotatable bonds is 7. The molecule has 0 spiro atoms. The van der Waals surface area contributed by atoms with Crippen LogP contribution in [-0.4, -0.2) is 17.5 Å². The number of hydrogen-bond acceptors (Lipinski definition) is 5. The Kier molecular flexibility index (Phi) is 5.19. The van der Waals surface area contributed by atoms with Gasteiger partial charge in [-0.1, -0.05) is 26.2 Å². The topological polar surface area (TPSA) is 82.6 Å². The minimum Gasteiger partial charge on any atom is -0.460 e. The second-order valence-corrected chi connectivity index (χ2v) is 3.59. The molecule has 17 heavy (non-hydrogen) atoms. The van der Waals surface area contributed by atoms with Gasteiger partial charge >= 0.3 is 11.9 Å². The van der Waals surface area contributed by atoms with Gasteiger partial charge in [-0.2, -0.15) is 0 Å². The number of furan rings is 1. The summed E-state index contributed by atoms with van der Waals surface area (Å²) in [4.78, 5) is 21.0. The summed E-state index contributed by atoms with van der Waals surface area (Å²) >= 11 is 0. The molecular weight excluding hydrogens is 226 g/mol. The Labute approximate surface area is 98.7 Å². The van der Waals surface area contributed by atoms with Gasteiger partial charge in [0.2, 0.25) is 5.76 Å². The first-order valence-electron chi connectivity index (χ1n) is 5.56. The van der Waals surface area contributed by atoms with Crippen molar-refractivity contribution in [1.82, 2.24) is 0 Å². The van der Waals surface area contributed by atoms with Gasteiger partial charge in [-0.25, -0.2) is 4.79 Å². The minimum atomic E-state index is -0.696. The first-order valence-corrected chi connectivity index (χ1v) is 5.56. The van der Waals surface area contributed by atoms with Crippen molar-refractivity contribution in [3.63, 3.8) is 0 Å². The number of carbonyl (C=O) groups is 1. The van der Waals surface area contributed by atoms with Gasteiger partial charge in [-0.05, 0) is 12.5 Å². The number of hydrogen-bond donors (Lipinski definition) is 0. The maximum absolute atomic E-state index is 11.4. The number of ether oxygens (including phenoxy) is 1. The zero-order valence-electron chi connectivity index (χ0n) is 9.68. The zero-order valence-corrected chi connectivity index (χ0v) is 9.68. The highest BCUT2D eigenvalue weighted by Gasteiger charge is 2.17. The third-order valence-corrected chi connectivity index (χ3v) is 2.20. The molecule has 0 atom stereocenters. The van der Waals surface area contributed by atoms with Gasteiger partial charge in [0.05, 0.1) is 12.7 Å². The fourth-order valence-corrected chi connectivity index (χ4v) is 1.30. The number of esters is 1. The number of unbranched alkanes of at least 4 members (excludes halogenated alkanes) is 3. The largest absolute Gasteiger partial charge is 0.460 e. The molecule has 0 aliphatic rings. The third-order valence-electron chi connectivity index (χ3n) is 2.20. The van der Waals surface area contributed by atoms with Gasteiger partial charge in [0, 0.05) is 0 Å². The molecule has 0 bridgehead atoms. The van der Waals surface area contributed by atoms with E-state index in [1.807, 2.05) is 0 Å². The summed E-state index contributed by atoms with van der Waals surface area (Å²) in [5.74, 6) is -1.25. The van der Waals surface area contributed by atoms with Crippen molar-refractivity contribution < 1.29 is 18.9 Å². The van der Waals surface area contributed by atoms with Crippen molar-refractivity contribution in [1.29, 1.82) is 0 Å². The van der Waals surface area contributed by atoms with Gasteiger partial charge in [0.25, 0.3) is 0 Å². The van der Waals surface area contributed by atoms with E-state index in [9.17, 15) is 14.9 Å². The first-order chi connectivity index (χ1) is 8.15. The summed E-state index contributed by atoms with van der Waals surface area (Å²) in [6.45, 7) is 2.40. The van der Waals surface area contributed by atoms with Crippen LogP contribution in [0.4, 0.5) is 5.88 Å². The van der Waals surface area contributed by atoms with Gasteiger partial charge in [0.1, 0.15) is 4.92 Å². The van der Waals surface area contributed by atoms with Crippen LogP contribution < -0.4 is 0 Å². The van der Waals surface area contributed by atoms with E-state index in [-0.39, 0.29) is 5.76 Å². The SMILES string of the molecule is CCCCCCOC(=O)c1ccc([N+](=O)[O-])o1. The van der Waals surface area contributed by atoms with Crippen molar-refractivity contribution in [2.24, 2.45) is 0 Å². The summed E-state index contributed by atoms with van der Waals surface area (Å²) in [7, 11) is 0. The molecule has 0 N–H and O–H groups in total. The van der Waals surface area contributed by atoms with E-state index < -0.39 is 16.8 Å². The summed E-state index contributed by atoms with van der Waals surface area (Å²) in [6, 6.07) is 2.38. The van der Waals surface area contributed by atoms with Crippen LogP contribution in [-0.2, 0) is 4.74 Å². The molecule has 0 radical (unpaired) electrons. The predicted molar refractivity (Wildman–Crippen MR) is 59.8 cm³/mol. The molecule has 94 valence electrons. The molecule has 0 saturated heterocycles. The molecule has 0 fully saturated rings. The predicted octanol–water partition coefficient (Wildman–Crippen LogP) is 2.92. The second kappa shape index (κ2) is 6.67. The van der Waals surface area contributed by atoms with Gasteiger partial charge < -0.3 is 9.15 Å². The monoisotopic (exact) mass is 241 g/mol. The van der Waals surface area contributed by atoms with E-state index in [0.29, 0.717) is 6.61 Å². The smallest absolute Gasteiger partial charge is 0.433 e. The Morgan fingerprint density at radius 2 is 2.18 bits per heavy atom. The van der Waals surface area contributed by atoms with Crippen LogP contribution >= 0.6 is 0 Å². The molecular formula is C11H15NO5. The lowest BCUT2D eigenvalue weighted by molar-refractivity contribution is -0.402. The van der Waals surface area contributed by atoms with E-state index in [2.05, 4.69) is 6.92 Å². The molecule has 0 unspecified atom stereocenters. The van der Waals surface area contributed by atoms with E-state index in [0.717, 1.165) is 31.7 Å². The van der Waals surface area contributed by atoms with Crippen LogP contribution in [0.1, 0.15) is 43.2 Å². The molecule has 6 nitrogen and oxygen atoms in total. The fraction of sp³-hybridized carbons (Fsp3) is 0.545. The Bertz CT molecular complexity index is 385. The number of carbonyl (C=O) groups excluding carboxylic acids is 1. The standard InChI is InChI=1S/C11H15NO5/c1-2-3-4-5-8-16-11(13)9-6-7-10(17-9)12(14)15/h6-7H,2-5,8H2,1H3.